The Kier molecular flexibility index (Phi) is 8.02. The zero-order valence-electron chi connectivity index (χ0n) is 17.2. The second-order valence-electron chi connectivity index (χ2n) is 6.94. The molecule has 0 aromatic carbocycles. The van der Waals surface area contributed by atoms with Gasteiger partial charge in [-0.05, 0) is 12.8 Å². The smallest absolute Gasteiger partial charge is 0.316 e. The summed E-state index contributed by atoms with van der Waals surface area (Å²) < 4.78 is 9.74. The molecule has 0 saturated carbocycles. The summed E-state index contributed by atoms with van der Waals surface area (Å²) in [5, 5.41) is 2.13. The number of carbonyl (C=O) groups excluding carboxylic acids is 2. The summed E-state index contributed by atoms with van der Waals surface area (Å²) in [7, 11) is 2.99. The molecular formula is C19H28N4O4S2. The van der Waals surface area contributed by atoms with Gasteiger partial charge in [-0.25, -0.2) is 9.97 Å². The third kappa shape index (κ3) is 5.55. The highest BCUT2D eigenvalue weighted by molar-refractivity contribution is 8.00. The number of esters is 1. The standard InChI is InChI=1S/C19H28N4O4S2/c1-4-13-11-14-17(20-19(21-18(14)29-13)28-12-16(25)27-3)23-8-6-22(7-9-23)15(24)5-10-26-2/h13H,4-12H2,1-3H3. The molecule has 0 radical (unpaired) electrons. The van der Waals surface area contributed by atoms with Crippen molar-refractivity contribution in [3.05, 3.63) is 5.56 Å². The Morgan fingerprint density at radius 1 is 1.21 bits per heavy atom. The Labute approximate surface area is 180 Å². The molecule has 1 amide bonds. The summed E-state index contributed by atoms with van der Waals surface area (Å²) in [6, 6.07) is 0. The van der Waals surface area contributed by atoms with Gasteiger partial charge in [-0.2, -0.15) is 0 Å². The van der Waals surface area contributed by atoms with Crippen molar-refractivity contribution in [1.82, 2.24) is 14.9 Å². The Balaban J connectivity index is 1.73. The van der Waals surface area contributed by atoms with E-state index in [1.54, 1.807) is 18.9 Å². The van der Waals surface area contributed by atoms with Crippen molar-refractivity contribution >= 4 is 41.2 Å². The van der Waals surface area contributed by atoms with Crippen molar-refractivity contribution in [2.45, 2.75) is 41.6 Å². The number of anilines is 1. The number of fused-ring (bicyclic) bond motifs is 1. The fourth-order valence-electron chi connectivity index (χ4n) is 3.39. The highest BCUT2D eigenvalue weighted by Crippen LogP contribution is 2.42. The molecule has 1 aromatic heterocycles. The molecular weight excluding hydrogens is 412 g/mol. The minimum absolute atomic E-state index is 0.135. The van der Waals surface area contributed by atoms with Gasteiger partial charge in [0, 0.05) is 44.1 Å². The fourth-order valence-corrected chi connectivity index (χ4v) is 5.31. The highest BCUT2D eigenvalue weighted by atomic mass is 32.2. The van der Waals surface area contributed by atoms with Crippen LogP contribution in [0.5, 0.6) is 0 Å². The number of nitrogens with zero attached hydrogens (tertiary/aromatic N) is 4. The quantitative estimate of drug-likeness (QED) is 0.260. The highest BCUT2D eigenvalue weighted by Gasteiger charge is 2.31. The lowest BCUT2D eigenvalue weighted by atomic mass is 10.1. The van der Waals surface area contributed by atoms with Gasteiger partial charge in [0.15, 0.2) is 5.16 Å². The third-order valence-corrected chi connectivity index (χ3v) is 7.31. The maximum absolute atomic E-state index is 12.3. The summed E-state index contributed by atoms with van der Waals surface area (Å²) in [6.45, 7) is 5.48. The predicted octanol–water partition coefficient (Wildman–Crippen LogP) is 1.85. The molecule has 3 heterocycles. The number of carbonyl (C=O) groups is 2. The number of amides is 1. The van der Waals surface area contributed by atoms with Crippen LogP contribution in [0.25, 0.3) is 0 Å². The molecule has 1 atom stereocenters. The topological polar surface area (TPSA) is 84.9 Å². The van der Waals surface area contributed by atoms with Crippen molar-refractivity contribution in [3.8, 4) is 0 Å². The first-order valence-electron chi connectivity index (χ1n) is 9.84. The first-order valence-corrected chi connectivity index (χ1v) is 11.7. The van der Waals surface area contributed by atoms with E-state index in [2.05, 4.69) is 11.8 Å². The van der Waals surface area contributed by atoms with Gasteiger partial charge in [0.1, 0.15) is 10.8 Å². The molecule has 1 fully saturated rings. The van der Waals surface area contributed by atoms with Gasteiger partial charge in [-0.3, -0.25) is 9.59 Å². The van der Waals surface area contributed by atoms with Crippen molar-refractivity contribution < 1.29 is 19.1 Å². The number of piperazine rings is 1. The molecule has 0 aliphatic carbocycles. The summed E-state index contributed by atoms with van der Waals surface area (Å²) >= 11 is 3.10. The van der Waals surface area contributed by atoms with Gasteiger partial charge < -0.3 is 19.3 Å². The van der Waals surface area contributed by atoms with Crippen LogP contribution in [0.1, 0.15) is 25.3 Å². The number of methoxy groups -OCH3 is 2. The zero-order chi connectivity index (χ0) is 20.8. The Bertz CT molecular complexity index is 741. The average molecular weight is 441 g/mol. The van der Waals surface area contributed by atoms with E-state index in [1.165, 1.54) is 24.4 Å². The van der Waals surface area contributed by atoms with Gasteiger partial charge in [0.05, 0.1) is 25.9 Å². The normalized spacial score (nSPS) is 18.7. The summed E-state index contributed by atoms with van der Waals surface area (Å²) in [6.07, 6.45) is 2.45. The van der Waals surface area contributed by atoms with E-state index in [4.69, 9.17) is 19.4 Å². The number of rotatable bonds is 8. The lowest BCUT2D eigenvalue weighted by Crippen LogP contribution is -2.49. The van der Waals surface area contributed by atoms with Crippen molar-refractivity contribution in [2.75, 3.05) is 57.7 Å². The molecule has 2 aliphatic rings. The number of aromatic nitrogens is 2. The van der Waals surface area contributed by atoms with E-state index in [0.717, 1.165) is 36.8 Å². The lowest BCUT2D eigenvalue weighted by molar-refractivity contribution is -0.137. The Morgan fingerprint density at radius 2 is 1.97 bits per heavy atom. The maximum Gasteiger partial charge on any atom is 0.316 e. The van der Waals surface area contributed by atoms with Gasteiger partial charge in [-0.15, -0.1) is 11.8 Å². The van der Waals surface area contributed by atoms with E-state index in [-0.39, 0.29) is 17.6 Å². The number of hydrogen-bond acceptors (Lipinski definition) is 9. The predicted molar refractivity (Wildman–Crippen MR) is 114 cm³/mol. The van der Waals surface area contributed by atoms with Gasteiger partial charge in [0.2, 0.25) is 5.91 Å². The second kappa shape index (κ2) is 10.5. The van der Waals surface area contributed by atoms with Crippen LogP contribution < -0.4 is 4.90 Å². The van der Waals surface area contributed by atoms with Crippen LogP contribution in [0.2, 0.25) is 0 Å². The van der Waals surface area contributed by atoms with Crippen LogP contribution in [-0.4, -0.2) is 84.8 Å². The van der Waals surface area contributed by atoms with E-state index in [9.17, 15) is 9.59 Å². The van der Waals surface area contributed by atoms with E-state index in [1.807, 2.05) is 4.90 Å². The van der Waals surface area contributed by atoms with Crippen LogP contribution in [0.3, 0.4) is 0 Å². The largest absolute Gasteiger partial charge is 0.468 e. The fraction of sp³-hybridized carbons (Fsp3) is 0.684. The summed E-state index contributed by atoms with van der Waals surface area (Å²) in [4.78, 5) is 37.4. The molecule has 3 rings (SSSR count). The molecule has 1 unspecified atom stereocenters. The molecule has 2 aliphatic heterocycles. The van der Waals surface area contributed by atoms with Gasteiger partial charge >= 0.3 is 5.97 Å². The SMILES string of the molecule is CCC1Cc2c(nc(SCC(=O)OC)nc2N2CCN(C(=O)CCOC)CC2)S1. The number of ether oxygens (including phenoxy) is 2. The van der Waals surface area contributed by atoms with Crippen LogP contribution in [0, 0.1) is 0 Å². The monoisotopic (exact) mass is 440 g/mol. The average Bonchev–Trinajstić information content (AvgIpc) is 3.18. The Morgan fingerprint density at radius 3 is 2.62 bits per heavy atom. The van der Waals surface area contributed by atoms with Gasteiger partial charge in [-0.1, -0.05) is 18.7 Å². The minimum atomic E-state index is -0.289. The van der Waals surface area contributed by atoms with Crippen molar-refractivity contribution in [3.63, 3.8) is 0 Å². The summed E-state index contributed by atoms with van der Waals surface area (Å²) in [5.74, 6) is 0.992. The van der Waals surface area contributed by atoms with Crippen molar-refractivity contribution in [2.24, 2.45) is 0 Å². The first-order chi connectivity index (χ1) is 14.0. The van der Waals surface area contributed by atoms with E-state index >= 15 is 0 Å². The molecule has 29 heavy (non-hydrogen) atoms. The molecule has 160 valence electrons. The number of thioether (sulfide) groups is 2. The third-order valence-electron chi connectivity index (χ3n) is 5.09. The molecule has 8 nitrogen and oxygen atoms in total. The van der Waals surface area contributed by atoms with Crippen LogP contribution >= 0.6 is 23.5 Å². The molecule has 10 heteroatoms. The van der Waals surface area contributed by atoms with Crippen LogP contribution in [0.4, 0.5) is 5.82 Å². The van der Waals surface area contributed by atoms with E-state index < -0.39 is 0 Å². The molecule has 1 saturated heterocycles. The Hall–Kier alpha value is -1.52. The van der Waals surface area contributed by atoms with Gasteiger partial charge in [0.25, 0.3) is 0 Å². The molecule has 1 aromatic rings. The molecule has 0 spiro atoms. The van der Waals surface area contributed by atoms with Crippen LogP contribution in [-0.2, 0) is 25.5 Å². The maximum atomic E-state index is 12.3. The zero-order valence-corrected chi connectivity index (χ0v) is 18.8. The second-order valence-corrected chi connectivity index (χ2v) is 9.17. The van der Waals surface area contributed by atoms with Crippen molar-refractivity contribution in [1.29, 1.82) is 0 Å². The molecule has 0 N–H and O–H groups in total. The first kappa shape index (κ1) is 22.2. The minimum Gasteiger partial charge on any atom is -0.468 e. The summed E-state index contributed by atoms with van der Waals surface area (Å²) in [5.41, 5.74) is 1.20. The molecule has 0 bridgehead atoms. The lowest BCUT2D eigenvalue weighted by Gasteiger charge is -2.36. The van der Waals surface area contributed by atoms with E-state index in [0.29, 0.717) is 36.5 Å². The van der Waals surface area contributed by atoms with Crippen LogP contribution in [0.15, 0.2) is 10.2 Å². The number of hydrogen-bond donors (Lipinski definition) is 0.